The molecule has 0 aliphatic rings. The first kappa shape index (κ1) is 14.2. The number of halogens is 1. The molecule has 19 heavy (non-hydrogen) atoms. The molecule has 0 saturated heterocycles. The Hall–Kier alpha value is -1.24. The molecular weight excluding hydrogens is 285 g/mol. The standard InChI is InChI=1S/C13H14FNO2S2/c1-10-5-6-13(18-10)19(16,17)15-8-7-11-3-2-4-12(14)9-11/h2-6,9,15H,7-8H2,1H3. The average molecular weight is 299 g/mol. The lowest BCUT2D eigenvalue weighted by molar-refractivity contribution is 0.583. The van der Waals surface area contributed by atoms with Gasteiger partial charge in [-0.1, -0.05) is 12.1 Å². The predicted octanol–water partition coefficient (Wildman–Crippen LogP) is 2.72. The van der Waals surface area contributed by atoms with E-state index in [9.17, 15) is 12.8 Å². The van der Waals surface area contributed by atoms with E-state index in [1.165, 1.54) is 23.5 Å². The van der Waals surface area contributed by atoms with Gasteiger partial charge in [0.25, 0.3) is 0 Å². The summed E-state index contributed by atoms with van der Waals surface area (Å²) in [6.45, 7) is 2.11. The van der Waals surface area contributed by atoms with Gasteiger partial charge >= 0.3 is 0 Å². The lowest BCUT2D eigenvalue weighted by Crippen LogP contribution is -2.25. The molecule has 0 atom stereocenters. The minimum atomic E-state index is -3.44. The molecule has 0 aliphatic heterocycles. The summed E-state index contributed by atoms with van der Waals surface area (Å²) in [6.07, 6.45) is 0.460. The molecule has 6 heteroatoms. The van der Waals surface area contributed by atoms with Crippen LogP contribution >= 0.6 is 11.3 Å². The minimum Gasteiger partial charge on any atom is -0.210 e. The highest BCUT2D eigenvalue weighted by atomic mass is 32.2. The number of thiophene rings is 1. The highest BCUT2D eigenvalue weighted by molar-refractivity contribution is 7.91. The van der Waals surface area contributed by atoms with E-state index in [1.54, 1.807) is 24.3 Å². The second kappa shape index (κ2) is 5.81. The summed E-state index contributed by atoms with van der Waals surface area (Å²) in [4.78, 5) is 0.950. The van der Waals surface area contributed by atoms with E-state index in [2.05, 4.69) is 4.72 Å². The molecule has 0 saturated carbocycles. The molecule has 0 unspecified atom stereocenters. The maximum absolute atomic E-state index is 13.0. The van der Waals surface area contributed by atoms with Crippen LogP contribution in [0.15, 0.2) is 40.6 Å². The third-order valence-corrected chi connectivity index (χ3v) is 5.53. The molecule has 0 aliphatic carbocycles. The monoisotopic (exact) mass is 299 g/mol. The van der Waals surface area contributed by atoms with Crippen LogP contribution in [-0.2, 0) is 16.4 Å². The number of nitrogens with one attached hydrogen (secondary N) is 1. The Morgan fingerprint density at radius 1 is 1.26 bits per heavy atom. The van der Waals surface area contributed by atoms with Crippen LogP contribution in [0.5, 0.6) is 0 Å². The molecule has 0 fully saturated rings. The summed E-state index contributed by atoms with van der Waals surface area (Å²) in [7, 11) is -3.44. The van der Waals surface area contributed by atoms with Crippen LogP contribution in [0.4, 0.5) is 4.39 Å². The Bertz CT molecular complexity index is 665. The molecular formula is C13H14FNO2S2. The SMILES string of the molecule is Cc1ccc(S(=O)(=O)NCCc2cccc(F)c2)s1. The van der Waals surface area contributed by atoms with E-state index in [0.29, 0.717) is 10.6 Å². The quantitative estimate of drug-likeness (QED) is 0.922. The zero-order valence-electron chi connectivity index (χ0n) is 10.4. The lowest BCUT2D eigenvalue weighted by Gasteiger charge is -2.05. The predicted molar refractivity (Wildman–Crippen MR) is 74.3 cm³/mol. The van der Waals surface area contributed by atoms with Gasteiger partial charge in [-0.05, 0) is 43.2 Å². The van der Waals surface area contributed by atoms with Gasteiger partial charge in [0.15, 0.2) is 0 Å². The molecule has 1 N–H and O–H groups in total. The summed E-state index contributed by atoms with van der Waals surface area (Å²) >= 11 is 1.23. The van der Waals surface area contributed by atoms with Crippen molar-refractivity contribution in [1.29, 1.82) is 0 Å². The first-order valence-electron chi connectivity index (χ1n) is 5.78. The topological polar surface area (TPSA) is 46.2 Å². The van der Waals surface area contributed by atoms with Gasteiger partial charge in [-0.3, -0.25) is 0 Å². The van der Waals surface area contributed by atoms with Gasteiger partial charge in [0.1, 0.15) is 10.0 Å². The fourth-order valence-electron chi connectivity index (χ4n) is 1.65. The van der Waals surface area contributed by atoms with E-state index in [4.69, 9.17) is 0 Å². The first-order valence-corrected chi connectivity index (χ1v) is 8.08. The molecule has 2 rings (SSSR count). The van der Waals surface area contributed by atoms with Crippen LogP contribution in [0.25, 0.3) is 0 Å². The van der Waals surface area contributed by atoms with Crippen molar-refractivity contribution in [1.82, 2.24) is 4.72 Å². The Morgan fingerprint density at radius 3 is 2.68 bits per heavy atom. The molecule has 1 heterocycles. The van der Waals surface area contributed by atoms with Crippen molar-refractivity contribution >= 4 is 21.4 Å². The molecule has 0 bridgehead atoms. The Balaban J connectivity index is 1.96. The molecule has 0 spiro atoms. The number of hydrogen-bond donors (Lipinski definition) is 1. The average Bonchev–Trinajstić information content (AvgIpc) is 2.76. The number of hydrogen-bond acceptors (Lipinski definition) is 3. The molecule has 102 valence electrons. The highest BCUT2D eigenvalue weighted by Crippen LogP contribution is 2.20. The van der Waals surface area contributed by atoms with Crippen LogP contribution in [0.2, 0.25) is 0 Å². The molecule has 2 aromatic rings. The molecule has 3 nitrogen and oxygen atoms in total. The third-order valence-electron chi connectivity index (χ3n) is 2.58. The number of aryl methyl sites for hydroxylation is 1. The highest BCUT2D eigenvalue weighted by Gasteiger charge is 2.15. The van der Waals surface area contributed by atoms with Crippen molar-refractivity contribution in [3.8, 4) is 0 Å². The molecule has 0 amide bonds. The summed E-state index contributed by atoms with van der Waals surface area (Å²) in [6, 6.07) is 9.51. The normalized spacial score (nSPS) is 11.7. The van der Waals surface area contributed by atoms with Crippen LogP contribution < -0.4 is 4.72 Å². The second-order valence-corrected chi connectivity index (χ2v) is 7.42. The second-order valence-electron chi connectivity index (χ2n) is 4.14. The van der Waals surface area contributed by atoms with Gasteiger partial charge in [-0.15, -0.1) is 11.3 Å². The minimum absolute atomic E-state index is 0.253. The maximum Gasteiger partial charge on any atom is 0.250 e. The molecule has 0 radical (unpaired) electrons. The van der Waals surface area contributed by atoms with Crippen molar-refractivity contribution < 1.29 is 12.8 Å². The van der Waals surface area contributed by atoms with Gasteiger partial charge in [-0.2, -0.15) is 0 Å². The van der Waals surface area contributed by atoms with E-state index < -0.39 is 10.0 Å². The summed E-state index contributed by atoms with van der Waals surface area (Å²) in [5.41, 5.74) is 0.769. The van der Waals surface area contributed by atoms with E-state index >= 15 is 0 Å². The van der Waals surface area contributed by atoms with Gasteiger partial charge in [0, 0.05) is 11.4 Å². The summed E-state index contributed by atoms with van der Waals surface area (Å²) in [5, 5.41) is 0. The molecule has 1 aromatic carbocycles. The fraction of sp³-hybridized carbons (Fsp3) is 0.231. The van der Waals surface area contributed by atoms with Crippen LogP contribution in [0.3, 0.4) is 0 Å². The Morgan fingerprint density at radius 2 is 2.05 bits per heavy atom. The largest absolute Gasteiger partial charge is 0.250 e. The number of rotatable bonds is 5. The zero-order valence-corrected chi connectivity index (χ0v) is 12.0. The first-order chi connectivity index (χ1) is 8.97. The maximum atomic E-state index is 13.0. The van der Waals surface area contributed by atoms with Crippen molar-refractivity contribution in [2.75, 3.05) is 6.54 Å². The summed E-state index contributed by atoms with van der Waals surface area (Å²) < 4.78 is 39.6. The smallest absolute Gasteiger partial charge is 0.210 e. The third kappa shape index (κ3) is 3.86. The van der Waals surface area contributed by atoms with E-state index in [-0.39, 0.29) is 12.4 Å². The van der Waals surface area contributed by atoms with Crippen molar-refractivity contribution in [3.05, 3.63) is 52.7 Å². The van der Waals surface area contributed by atoms with E-state index in [0.717, 1.165) is 10.4 Å². The number of sulfonamides is 1. The molecule has 1 aromatic heterocycles. The van der Waals surface area contributed by atoms with Gasteiger partial charge < -0.3 is 0 Å². The number of benzene rings is 1. The van der Waals surface area contributed by atoms with Crippen LogP contribution in [0, 0.1) is 12.7 Å². The van der Waals surface area contributed by atoms with E-state index in [1.807, 2.05) is 6.92 Å². The summed E-state index contributed by atoms with van der Waals surface area (Å²) in [5.74, 6) is -0.311. The fourth-order valence-corrected chi connectivity index (χ4v) is 4.01. The Kier molecular flexibility index (Phi) is 4.34. The Labute approximate surface area is 116 Å². The zero-order chi connectivity index (χ0) is 13.9. The lowest BCUT2D eigenvalue weighted by atomic mass is 10.1. The van der Waals surface area contributed by atoms with Crippen LogP contribution in [-0.4, -0.2) is 15.0 Å². The van der Waals surface area contributed by atoms with Crippen molar-refractivity contribution in [2.45, 2.75) is 17.6 Å². The van der Waals surface area contributed by atoms with Gasteiger partial charge in [0.2, 0.25) is 10.0 Å². The van der Waals surface area contributed by atoms with Gasteiger partial charge in [-0.25, -0.2) is 17.5 Å². The van der Waals surface area contributed by atoms with Crippen molar-refractivity contribution in [2.24, 2.45) is 0 Å². The van der Waals surface area contributed by atoms with Gasteiger partial charge in [0.05, 0.1) is 0 Å². The van der Waals surface area contributed by atoms with Crippen LogP contribution in [0.1, 0.15) is 10.4 Å². The van der Waals surface area contributed by atoms with Crippen molar-refractivity contribution in [3.63, 3.8) is 0 Å².